The van der Waals surface area contributed by atoms with Crippen molar-refractivity contribution in [3.8, 4) is 11.8 Å². The fraction of sp³-hybridized carbons (Fsp3) is 0.176. The van der Waals surface area contributed by atoms with E-state index in [1.54, 1.807) is 19.4 Å². The van der Waals surface area contributed by atoms with E-state index in [4.69, 9.17) is 9.47 Å². The number of carbonyl (C=O) groups excluding carboxylic acids is 1. The van der Waals surface area contributed by atoms with Crippen LogP contribution in [-0.2, 0) is 9.53 Å². The van der Waals surface area contributed by atoms with E-state index < -0.39 is 0 Å². The van der Waals surface area contributed by atoms with Crippen LogP contribution in [0.1, 0.15) is 12.5 Å². The Hall–Kier alpha value is -3.22. The topological polar surface area (TPSA) is 79.1 Å². The molecule has 120 valence electrons. The van der Waals surface area contributed by atoms with Crippen molar-refractivity contribution in [2.24, 2.45) is 0 Å². The number of rotatable bonds is 3. The van der Waals surface area contributed by atoms with Crippen LogP contribution in [0.15, 0.2) is 48.3 Å². The molecule has 0 atom stereocenters. The van der Waals surface area contributed by atoms with Crippen molar-refractivity contribution in [3.63, 3.8) is 0 Å². The third-order valence-electron chi connectivity index (χ3n) is 3.79. The van der Waals surface area contributed by atoms with Gasteiger partial charge >= 0.3 is 6.01 Å². The van der Waals surface area contributed by atoms with E-state index in [0.717, 1.165) is 16.6 Å². The maximum atomic E-state index is 11.8. The summed E-state index contributed by atoms with van der Waals surface area (Å²) in [6.07, 6.45) is 3.36. The fourth-order valence-electron chi connectivity index (χ4n) is 2.56. The summed E-state index contributed by atoms with van der Waals surface area (Å²) in [6, 6.07) is 7.87. The first-order chi connectivity index (χ1) is 11.6. The number of fused-ring (bicyclic) bond motifs is 1. The summed E-state index contributed by atoms with van der Waals surface area (Å²) in [7, 11) is 0. The summed E-state index contributed by atoms with van der Waals surface area (Å²) in [5.41, 5.74) is 2.67. The van der Waals surface area contributed by atoms with Gasteiger partial charge in [0.1, 0.15) is 17.9 Å². The number of Topliss-reactive ketones (excluding diaryl/α,β-unsaturated/α-hetero) is 1. The van der Waals surface area contributed by atoms with Gasteiger partial charge in [-0.15, -0.1) is 0 Å². The second kappa shape index (κ2) is 5.45. The van der Waals surface area contributed by atoms with Crippen molar-refractivity contribution in [2.75, 3.05) is 6.61 Å². The molecule has 0 saturated carbocycles. The molecule has 0 saturated heterocycles. The number of imidazole rings is 1. The fourth-order valence-corrected chi connectivity index (χ4v) is 2.56. The molecule has 1 aliphatic rings. The first-order valence-corrected chi connectivity index (χ1v) is 7.44. The van der Waals surface area contributed by atoms with Gasteiger partial charge in [0.2, 0.25) is 11.5 Å². The van der Waals surface area contributed by atoms with E-state index in [-0.39, 0.29) is 24.2 Å². The first kappa shape index (κ1) is 14.4. The lowest BCUT2D eigenvalue weighted by Crippen LogP contribution is -2.10. The molecule has 0 spiro atoms. The quantitative estimate of drug-likeness (QED) is 0.736. The highest BCUT2D eigenvalue weighted by atomic mass is 16.5. The highest BCUT2D eigenvalue weighted by molar-refractivity contribution is 5.97. The number of aryl methyl sites for hydroxylation is 1. The van der Waals surface area contributed by atoms with Crippen LogP contribution in [0.3, 0.4) is 0 Å². The molecule has 7 nitrogen and oxygen atoms in total. The smallest absolute Gasteiger partial charge is 0.324 e. The van der Waals surface area contributed by atoms with Gasteiger partial charge in [0.15, 0.2) is 6.61 Å². The zero-order valence-electron chi connectivity index (χ0n) is 13.2. The molecule has 4 rings (SSSR count). The van der Waals surface area contributed by atoms with E-state index in [0.29, 0.717) is 11.6 Å². The van der Waals surface area contributed by atoms with Crippen molar-refractivity contribution in [3.05, 3.63) is 53.9 Å². The number of aromatic nitrogens is 4. The third-order valence-corrected chi connectivity index (χ3v) is 3.79. The number of ether oxygens (including phenoxy) is 2. The molecule has 1 aromatic carbocycles. The van der Waals surface area contributed by atoms with Crippen molar-refractivity contribution in [1.29, 1.82) is 0 Å². The second-order valence-corrected chi connectivity index (χ2v) is 5.46. The van der Waals surface area contributed by atoms with Gasteiger partial charge in [-0.05, 0) is 26.0 Å². The molecular weight excluding hydrogens is 308 g/mol. The molecule has 1 aliphatic heterocycles. The Morgan fingerprint density at radius 2 is 2.04 bits per heavy atom. The van der Waals surface area contributed by atoms with Crippen LogP contribution in [0.2, 0.25) is 0 Å². The van der Waals surface area contributed by atoms with Gasteiger partial charge in [-0.2, -0.15) is 4.98 Å². The molecule has 0 bridgehead atoms. The van der Waals surface area contributed by atoms with Crippen LogP contribution >= 0.6 is 0 Å². The van der Waals surface area contributed by atoms with E-state index in [1.165, 1.54) is 0 Å². The Bertz CT molecular complexity index is 990. The number of carbonyl (C=O) groups is 1. The Morgan fingerprint density at radius 1 is 1.21 bits per heavy atom. The summed E-state index contributed by atoms with van der Waals surface area (Å²) in [4.78, 5) is 24.7. The molecule has 0 radical (unpaired) electrons. The third kappa shape index (κ3) is 2.30. The number of ketones is 1. The van der Waals surface area contributed by atoms with Crippen LogP contribution in [0.4, 0.5) is 0 Å². The molecule has 0 fully saturated rings. The maximum absolute atomic E-state index is 11.8. The van der Waals surface area contributed by atoms with Crippen molar-refractivity contribution >= 4 is 16.8 Å². The lowest BCUT2D eigenvalue weighted by molar-refractivity contribution is -0.118. The van der Waals surface area contributed by atoms with Gasteiger partial charge in [-0.25, -0.2) is 9.97 Å². The van der Waals surface area contributed by atoms with E-state index in [2.05, 4.69) is 15.0 Å². The highest BCUT2D eigenvalue weighted by Gasteiger charge is 2.25. The number of allylic oxidation sites excluding steroid dienone is 1. The van der Waals surface area contributed by atoms with E-state index in [1.807, 2.05) is 35.8 Å². The average Bonchev–Trinajstić information content (AvgIpc) is 3.15. The summed E-state index contributed by atoms with van der Waals surface area (Å²) in [5, 5.41) is 0. The Labute approximate surface area is 137 Å². The molecule has 0 unspecified atom stereocenters. The van der Waals surface area contributed by atoms with Crippen molar-refractivity contribution in [2.45, 2.75) is 13.8 Å². The van der Waals surface area contributed by atoms with Gasteiger partial charge in [-0.1, -0.05) is 12.1 Å². The van der Waals surface area contributed by atoms with Crippen LogP contribution in [0.25, 0.3) is 16.9 Å². The van der Waals surface area contributed by atoms with Crippen molar-refractivity contribution in [1.82, 2.24) is 19.5 Å². The zero-order chi connectivity index (χ0) is 16.7. The normalized spacial score (nSPS) is 14.3. The predicted molar refractivity (Wildman–Crippen MR) is 85.7 cm³/mol. The molecule has 3 heterocycles. The number of para-hydroxylation sites is 2. The van der Waals surface area contributed by atoms with Crippen LogP contribution in [0.5, 0.6) is 6.01 Å². The molecule has 2 aromatic heterocycles. The summed E-state index contributed by atoms with van der Waals surface area (Å²) >= 11 is 0. The largest absolute Gasteiger partial charge is 0.486 e. The van der Waals surface area contributed by atoms with E-state index >= 15 is 0 Å². The standard InChI is InChI=1S/C17H14N4O3/c1-10-7-18-17(24-15-11(2)23-8-14(15)22)20-16(10)21-9-19-12-5-3-4-6-13(12)21/h3-7,9H,8H2,1-2H3. The zero-order valence-corrected chi connectivity index (χ0v) is 13.2. The SMILES string of the molecule is CC1=C(Oc2ncc(C)c(-n3cnc4ccccc43)n2)C(=O)CO1. The minimum atomic E-state index is -0.216. The summed E-state index contributed by atoms with van der Waals surface area (Å²) in [6.45, 7) is 3.58. The molecular formula is C17H14N4O3. The lowest BCUT2D eigenvalue weighted by atomic mass is 10.3. The van der Waals surface area contributed by atoms with E-state index in [9.17, 15) is 4.79 Å². The Kier molecular flexibility index (Phi) is 3.26. The number of benzene rings is 1. The lowest BCUT2D eigenvalue weighted by Gasteiger charge is -2.09. The molecule has 0 N–H and O–H groups in total. The van der Waals surface area contributed by atoms with Gasteiger partial charge in [-0.3, -0.25) is 9.36 Å². The minimum Gasteiger partial charge on any atom is -0.486 e. The monoisotopic (exact) mass is 322 g/mol. The molecule has 0 amide bonds. The minimum absolute atomic E-state index is 0.00789. The van der Waals surface area contributed by atoms with Crippen molar-refractivity contribution < 1.29 is 14.3 Å². The van der Waals surface area contributed by atoms with Gasteiger partial charge in [0, 0.05) is 11.8 Å². The summed E-state index contributed by atoms with van der Waals surface area (Å²) < 4.78 is 12.6. The number of hydrogen-bond acceptors (Lipinski definition) is 6. The number of hydrogen-bond donors (Lipinski definition) is 0. The Morgan fingerprint density at radius 3 is 2.83 bits per heavy atom. The predicted octanol–water partition coefficient (Wildman–Crippen LogP) is 2.33. The molecule has 0 aliphatic carbocycles. The number of nitrogens with zero attached hydrogens (tertiary/aromatic N) is 4. The van der Waals surface area contributed by atoms with Crippen LogP contribution in [-0.4, -0.2) is 31.9 Å². The van der Waals surface area contributed by atoms with Gasteiger partial charge in [0.25, 0.3) is 0 Å². The van der Waals surface area contributed by atoms with Gasteiger partial charge in [0.05, 0.1) is 11.0 Å². The second-order valence-electron chi connectivity index (χ2n) is 5.46. The molecule has 3 aromatic rings. The van der Waals surface area contributed by atoms with Gasteiger partial charge < -0.3 is 9.47 Å². The van der Waals surface area contributed by atoms with Crippen LogP contribution < -0.4 is 4.74 Å². The first-order valence-electron chi connectivity index (χ1n) is 7.44. The Balaban J connectivity index is 1.77. The molecule has 7 heteroatoms. The maximum Gasteiger partial charge on any atom is 0.324 e. The highest BCUT2D eigenvalue weighted by Crippen LogP contribution is 2.23. The average molecular weight is 322 g/mol. The molecule has 24 heavy (non-hydrogen) atoms. The van der Waals surface area contributed by atoms with Crippen LogP contribution in [0, 0.1) is 6.92 Å². The summed E-state index contributed by atoms with van der Waals surface area (Å²) in [5.74, 6) is 1.03.